The van der Waals surface area contributed by atoms with E-state index in [1.54, 1.807) is 0 Å². The monoisotopic (exact) mass is 893 g/mol. The molecule has 7 unspecified atom stereocenters. The van der Waals surface area contributed by atoms with E-state index in [1.165, 1.54) is 143 Å². The van der Waals surface area contributed by atoms with Gasteiger partial charge in [-0.1, -0.05) is 261 Å². The fourth-order valence-corrected chi connectivity index (χ4v) is 11.2. The molecule has 0 amide bonds. The zero-order valence-corrected chi connectivity index (χ0v) is 42.4. The van der Waals surface area contributed by atoms with Crippen LogP contribution in [0.25, 0.3) is 0 Å². The van der Waals surface area contributed by atoms with Crippen LogP contribution in [-0.2, 0) is 0 Å². The number of benzene rings is 6. The zero-order valence-electron chi connectivity index (χ0n) is 42.4. The van der Waals surface area contributed by atoms with Gasteiger partial charge in [-0.3, -0.25) is 0 Å². The highest BCUT2D eigenvalue weighted by molar-refractivity contribution is 5.28. The molecule has 0 saturated heterocycles. The van der Waals surface area contributed by atoms with E-state index in [0.717, 1.165) is 6.42 Å². The minimum Gasteiger partial charge on any atom is -0.103 e. The SMILES string of the molecule is C=CCCCC(CC(CC(CCCC(CC(CCCC)c1ccccc1)c1ccccc1)CC(CC(CCCCC)c1ccccc1)c1ccccc1)c1ccccc1)c1ccccc1.CC. The summed E-state index contributed by atoms with van der Waals surface area (Å²) in [6, 6.07) is 69.3. The Bertz CT molecular complexity index is 2070. The molecule has 7 atom stereocenters. The Balaban J connectivity index is 0.00000414. The van der Waals surface area contributed by atoms with Crippen molar-refractivity contribution < 1.29 is 0 Å². The van der Waals surface area contributed by atoms with Crippen LogP contribution in [0.4, 0.5) is 0 Å². The molecule has 0 radical (unpaired) electrons. The smallest absolute Gasteiger partial charge is 0.0154 e. The maximum atomic E-state index is 4.10. The third-order valence-electron chi connectivity index (χ3n) is 14.8. The largest absolute Gasteiger partial charge is 0.103 e. The molecule has 0 saturated carbocycles. The lowest BCUT2D eigenvalue weighted by Gasteiger charge is -2.32. The minimum atomic E-state index is 0.488. The molecule has 0 nitrogen and oxygen atoms in total. The molecule has 0 heterocycles. The third-order valence-corrected chi connectivity index (χ3v) is 14.8. The maximum Gasteiger partial charge on any atom is -0.0154 e. The molecule has 0 N–H and O–H groups in total. The van der Waals surface area contributed by atoms with E-state index in [0.29, 0.717) is 41.4 Å². The first kappa shape index (κ1) is 53.0. The molecular formula is C67H88. The Labute approximate surface area is 410 Å². The molecular weight excluding hydrogens is 805 g/mol. The first-order chi connectivity index (χ1) is 33.1. The summed E-state index contributed by atoms with van der Waals surface area (Å²) in [5, 5.41) is 0. The summed E-state index contributed by atoms with van der Waals surface area (Å²) >= 11 is 0. The number of unbranched alkanes of at least 4 members (excludes halogenated alkanes) is 4. The van der Waals surface area contributed by atoms with Gasteiger partial charge in [0.1, 0.15) is 0 Å². The van der Waals surface area contributed by atoms with Gasteiger partial charge in [-0.2, -0.15) is 0 Å². The van der Waals surface area contributed by atoms with Gasteiger partial charge in [-0.25, -0.2) is 0 Å². The van der Waals surface area contributed by atoms with Gasteiger partial charge in [-0.05, 0) is 145 Å². The van der Waals surface area contributed by atoms with E-state index >= 15 is 0 Å². The highest BCUT2D eigenvalue weighted by Crippen LogP contribution is 2.44. The maximum absolute atomic E-state index is 4.10. The lowest BCUT2D eigenvalue weighted by molar-refractivity contribution is 0.308. The van der Waals surface area contributed by atoms with Gasteiger partial charge in [0, 0.05) is 0 Å². The van der Waals surface area contributed by atoms with Gasteiger partial charge in [0.2, 0.25) is 0 Å². The van der Waals surface area contributed by atoms with Crippen molar-refractivity contribution >= 4 is 0 Å². The second-order valence-corrected chi connectivity index (χ2v) is 19.5. The van der Waals surface area contributed by atoms with Crippen molar-refractivity contribution in [2.24, 2.45) is 5.92 Å². The highest BCUT2D eigenvalue weighted by atomic mass is 14.3. The Morgan fingerprint density at radius 1 is 0.313 bits per heavy atom. The van der Waals surface area contributed by atoms with Crippen molar-refractivity contribution in [1.29, 1.82) is 0 Å². The van der Waals surface area contributed by atoms with Gasteiger partial charge in [0.05, 0.1) is 0 Å². The van der Waals surface area contributed by atoms with Crippen LogP contribution < -0.4 is 0 Å². The molecule has 0 aromatic heterocycles. The van der Waals surface area contributed by atoms with Gasteiger partial charge < -0.3 is 0 Å². The molecule has 6 rings (SSSR count). The molecule has 0 fully saturated rings. The van der Waals surface area contributed by atoms with Crippen LogP contribution in [0.1, 0.15) is 212 Å². The molecule has 356 valence electrons. The van der Waals surface area contributed by atoms with Crippen molar-refractivity contribution in [3.63, 3.8) is 0 Å². The van der Waals surface area contributed by atoms with Crippen molar-refractivity contribution in [3.05, 3.63) is 228 Å². The summed E-state index contributed by atoms with van der Waals surface area (Å²) in [5.74, 6) is 3.80. The Kier molecular flexibility index (Phi) is 25.3. The summed E-state index contributed by atoms with van der Waals surface area (Å²) in [6.45, 7) is 12.8. The van der Waals surface area contributed by atoms with Crippen LogP contribution in [0.5, 0.6) is 0 Å². The van der Waals surface area contributed by atoms with E-state index in [4.69, 9.17) is 0 Å². The van der Waals surface area contributed by atoms with Crippen molar-refractivity contribution in [1.82, 2.24) is 0 Å². The number of rotatable bonds is 31. The first-order valence-electron chi connectivity index (χ1n) is 27.1. The van der Waals surface area contributed by atoms with E-state index in [-0.39, 0.29) is 0 Å². The van der Waals surface area contributed by atoms with Crippen molar-refractivity contribution in [2.45, 2.75) is 179 Å². The zero-order chi connectivity index (χ0) is 47.2. The van der Waals surface area contributed by atoms with Gasteiger partial charge in [0.15, 0.2) is 0 Å². The van der Waals surface area contributed by atoms with Crippen molar-refractivity contribution in [3.8, 4) is 0 Å². The molecule has 0 bridgehead atoms. The highest BCUT2D eigenvalue weighted by Gasteiger charge is 2.28. The quantitative estimate of drug-likeness (QED) is 0.0301. The van der Waals surface area contributed by atoms with Crippen molar-refractivity contribution in [2.75, 3.05) is 0 Å². The van der Waals surface area contributed by atoms with Gasteiger partial charge in [0.25, 0.3) is 0 Å². The number of hydrogen-bond acceptors (Lipinski definition) is 0. The second kappa shape index (κ2) is 31.9. The topological polar surface area (TPSA) is 0 Å². The van der Waals surface area contributed by atoms with E-state index in [2.05, 4.69) is 208 Å². The molecule has 6 aromatic rings. The fourth-order valence-electron chi connectivity index (χ4n) is 11.2. The Morgan fingerprint density at radius 3 is 0.925 bits per heavy atom. The summed E-state index contributed by atoms with van der Waals surface area (Å²) in [7, 11) is 0. The minimum absolute atomic E-state index is 0.488. The van der Waals surface area contributed by atoms with Gasteiger partial charge >= 0.3 is 0 Å². The predicted molar refractivity (Wildman–Crippen MR) is 295 cm³/mol. The van der Waals surface area contributed by atoms with Gasteiger partial charge in [-0.15, -0.1) is 6.58 Å². The molecule has 6 aromatic carbocycles. The number of hydrogen-bond donors (Lipinski definition) is 0. The Morgan fingerprint density at radius 2 is 0.597 bits per heavy atom. The summed E-state index contributed by atoms with van der Waals surface area (Å²) in [5.41, 5.74) is 9.10. The van der Waals surface area contributed by atoms with Crippen LogP contribution in [0.3, 0.4) is 0 Å². The van der Waals surface area contributed by atoms with E-state index < -0.39 is 0 Å². The first-order valence-corrected chi connectivity index (χ1v) is 27.1. The standard InChI is InChI=1S/C65H82.C2H6/c1-4-7-16-45-61(55-35-20-11-21-36-55)51-64(58-41-26-14-27-42-58)48-53(49-65(59-43-28-15-29-44-59)52-62(46-17-8-5-2)56-37-22-12-23-38-56)31-30-47-63(57-39-24-13-25-40-57)50-60(32-9-6-3)54-33-18-10-19-34-54;1-2/h4,10-15,18-29,33-44,53,60-65H,1,5-9,16-17,30-32,45-52H2,2-3H3;1-2H3. The van der Waals surface area contributed by atoms with Crippen LogP contribution in [-0.4, -0.2) is 0 Å². The second-order valence-electron chi connectivity index (χ2n) is 19.5. The lowest BCUT2D eigenvalue weighted by atomic mass is 9.72. The van der Waals surface area contributed by atoms with E-state index in [1.807, 2.05) is 13.8 Å². The fraction of sp³-hybridized carbons (Fsp3) is 0.433. The Hall–Kier alpha value is -4.94. The normalized spacial score (nSPS) is 14.4. The lowest BCUT2D eigenvalue weighted by Crippen LogP contribution is -2.17. The molecule has 0 aliphatic carbocycles. The molecule has 0 aliphatic rings. The summed E-state index contributed by atoms with van der Waals surface area (Å²) in [6.07, 6.45) is 24.3. The van der Waals surface area contributed by atoms with Crippen LogP contribution in [0.15, 0.2) is 195 Å². The molecule has 67 heavy (non-hydrogen) atoms. The van der Waals surface area contributed by atoms with Crippen LogP contribution in [0.2, 0.25) is 0 Å². The van der Waals surface area contributed by atoms with E-state index in [9.17, 15) is 0 Å². The average Bonchev–Trinajstić information content (AvgIpc) is 3.40. The summed E-state index contributed by atoms with van der Waals surface area (Å²) < 4.78 is 0. The predicted octanol–water partition coefficient (Wildman–Crippen LogP) is 20.6. The average molecular weight is 893 g/mol. The molecule has 0 spiro atoms. The summed E-state index contributed by atoms with van der Waals surface area (Å²) in [4.78, 5) is 0. The van der Waals surface area contributed by atoms with Crippen LogP contribution >= 0.6 is 0 Å². The molecule has 0 aliphatic heterocycles. The third kappa shape index (κ3) is 18.6. The molecule has 0 heteroatoms. The number of allylic oxidation sites excluding steroid dienone is 1. The van der Waals surface area contributed by atoms with Crippen LogP contribution in [0, 0.1) is 5.92 Å².